The van der Waals surface area contributed by atoms with Crippen molar-refractivity contribution in [1.29, 1.82) is 0 Å². The first kappa shape index (κ1) is 19.4. The van der Waals surface area contributed by atoms with Crippen molar-refractivity contribution in [2.24, 2.45) is 0 Å². The summed E-state index contributed by atoms with van der Waals surface area (Å²) in [6.45, 7) is 1.44. The van der Waals surface area contributed by atoms with Gasteiger partial charge in [0, 0.05) is 36.4 Å². The third-order valence-electron chi connectivity index (χ3n) is 6.80. The molecule has 1 amide bonds. The van der Waals surface area contributed by atoms with Gasteiger partial charge in [-0.3, -0.25) is 4.79 Å². The molecule has 2 aromatic heterocycles. The minimum atomic E-state index is 0.0235. The van der Waals surface area contributed by atoms with Crippen LogP contribution >= 0.6 is 0 Å². The number of likely N-dealkylation sites (tertiary alicyclic amines) is 1. The lowest BCUT2D eigenvalue weighted by Gasteiger charge is -2.30. The zero-order valence-electron chi connectivity index (χ0n) is 18.0. The summed E-state index contributed by atoms with van der Waals surface area (Å²) in [6, 6.07) is 13.7. The number of benzene rings is 2. The summed E-state index contributed by atoms with van der Waals surface area (Å²) in [5.41, 5.74) is 3.94. The van der Waals surface area contributed by atoms with E-state index in [2.05, 4.69) is 4.98 Å². The molecule has 0 bridgehead atoms. The van der Waals surface area contributed by atoms with Crippen molar-refractivity contribution in [3.63, 3.8) is 0 Å². The molecular formula is C26H26N2O4. The molecule has 3 heterocycles. The number of oxazole rings is 1. The molecule has 1 aliphatic carbocycles. The Morgan fingerprint density at radius 2 is 1.88 bits per heavy atom. The van der Waals surface area contributed by atoms with Gasteiger partial charge >= 0.3 is 0 Å². The molecule has 164 valence electrons. The Morgan fingerprint density at radius 1 is 1.03 bits per heavy atom. The summed E-state index contributed by atoms with van der Waals surface area (Å²) in [5, 5.41) is 1.13. The second-order valence-electron chi connectivity index (χ2n) is 8.83. The van der Waals surface area contributed by atoms with Gasteiger partial charge in [-0.2, -0.15) is 0 Å². The van der Waals surface area contributed by atoms with E-state index >= 15 is 0 Å². The molecule has 32 heavy (non-hydrogen) atoms. The number of ether oxygens (including phenoxy) is 1. The molecule has 0 N–H and O–H groups in total. The smallest absolute Gasteiger partial charge is 0.260 e. The lowest BCUT2D eigenvalue weighted by atomic mass is 9.96. The predicted octanol–water partition coefficient (Wildman–Crippen LogP) is 5.24. The summed E-state index contributed by atoms with van der Waals surface area (Å²) in [7, 11) is 0. The van der Waals surface area contributed by atoms with Gasteiger partial charge in [0.1, 0.15) is 22.6 Å². The molecule has 2 aliphatic rings. The first-order valence-electron chi connectivity index (χ1n) is 11.5. The maximum Gasteiger partial charge on any atom is 0.260 e. The fourth-order valence-electron chi connectivity index (χ4n) is 5.01. The number of hydrogen-bond donors (Lipinski definition) is 0. The van der Waals surface area contributed by atoms with E-state index in [1.165, 1.54) is 18.4 Å². The highest BCUT2D eigenvalue weighted by Gasteiger charge is 2.27. The molecule has 1 aliphatic heterocycles. The van der Waals surface area contributed by atoms with Crippen LogP contribution in [0.25, 0.3) is 22.1 Å². The lowest BCUT2D eigenvalue weighted by molar-refractivity contribution is -0.134. The number of rotatable bonds is 4. The minimum Gasteiger partial charge on any atom is -0.484 e. The Balaban J connectivity index is 1.07. The van der Waals surface area contributed by atoms with E-state index in [9.17, 15) is 4.79 Å². The van der Waals surface area contributed by atoms with Gasteiger partial charge in [-0.15, -0.1) is 0 Å². The van der Waals surface area contributed by atoms with Gasteiger partial charge in [-0.1, -0.05) is 12.1 Å². The Hall–Kier alpha value is -3.28. The second kappa shape index (κ2) is 8.01. The maximum absolute atomic E-state index is 12.7. The number of fused-ring (bicyclic) bond motifs is 4. The number of carbonyl (C=O) groups is 1. The fourth-order valence-corrected chi connectivity index (χ4v) is 5.01. The van der Waals surface area contributed by atoms with E-state index in [1.54, 1.807) is 0 Å². The van der Waals surface area contributed by atoms with Crippen molar-refractivity contribution in [2.75, 3.05) is 19.7 Å². The predicted molar refractivity (Wildman–Crippen MR) is 121 cm³/mol. The van der Waals surface area contributed by atoms with Crippen LogP contribution in [-0.4, -0.2) is 35.5 Å². The van der Waals surface area contributed by atoms with E-state index in [-0.39, 0.29) is 18.4 Å². The minimum absolute atomic E-state index is 0.0235. The van der Waals surface area contributed by atoms with Crippen LogP contribution in [-0.2, 0) is 17.6 Å². The van der Waals surface area contributed by atoms with E-state index in [1.807, 2.05) is 47.4 Å². The van der Waals surface area contributed by atoms with Crippen LogP contribution in [0.15, 0.2) is 51.3 Å². The molecule has 0 unspecified atom stereocenters. The number of nitrogens with zero attached hydrogens (tertiary/aromatic N) is 2. The van der Waals surface area contributed by atoms with E-state index < -0.39 is 0 Å². The van der Waals surface area contributed by atoms with Gasteiger partial charge in [0.15, 0.2) is 18.1 Å². The zero-order chi connectivity index (χ0) is 21.5. The van der Waals surface area contributed by atoms with E-state index in [0.29, 0.717) is 13.1 Å². The average molecular weight is 431 g/mol. The van der Waals surface area contributed by atoms with Crippen molar-refractivity contribution < 1.29 is 18.4 Å². The first-order valence-corrected chi connectivity index (χ1v) is 11.5. The molecule has 6 rings (SSSR count). The quantitative estimate of drug-likeness (QED) is 0.443. The van der Waals surface area contributed by atoms with Crippen molar-refractivity contribution in [2.45, 2.75) is 44.4 Å². The van der Waals surface area contributed by atoms with Crippen LogP contribution in [0.2, 0.25) is 0 Å². The lowest BCUT2D eigenvalue weighted by Crippen LogP contribution is -2.40. The van der Waals surface area contributed by atoms with Crippen LogP contribution in [0.1, 0.15) is 48.8 Å². The van der Waals surface area contributed by atoms with Gasteiger partial charge in [0.2, 0.25) is 0 Å². The second-order valence-corrected chi connectivity index (χ2v) is 8.83. The highest BCUT2D eigenvalue weighted by molar-refractivity contribution is 5.84. The van der Waals surface area contributed by atoms with Gasteiger partial charge < -0.3 is 18.5 Å². The Kier molecular flexibility index (Phi) is 4.86. The summed E-state index contributed by atoms with van der Waals surface area (Å²) in [4.78, 5) is 19.3. The molecule has 1 fully saturated rings. The van der Waals surface area contributed by atoms with Gasteiger partial charge in [-0.05, 0) is 62.4 Å². The fraction of sp³-hybridized carbons (Fsp3) is 0.385. The van der Waals surface area contributed by atoms with E-state index in [4.69, 9.17) is 13.6 Å². The molecule has 6 heteroatoms. The Bertz CT molecular complexity index is 1250. The number of para-hydroxylation sites is 2. The third-order valence-corrected chi connectivity index (χ3v) is 6.80. The van der Waals surface area contributed by atoms with Gasteiger partial charge in [0.25, 0.3) is 5.91 Å². The van der Waals surface area contributed by atoms with Gasteiger partial charge in [0.05, 0.1) is 0 Å². The summed E-state index contributed by atoms with van der Waals surface area (Å²) in [6.07, 6.45) is 6.16. The standard InChI is InChI=1S/C26H26N2O4/c29-25(16-30-18-9-10-23-20(15-18)19-5-1-3-7-22(19)31-23)28-13-11-17(12-14-28)26-27-21-6-2-4-8-24(21)32-26/h2,4,6,8-10,15,17H,1,3,5,7,11-14,16H2. The van der Waals surface area contributed by atoms with Crippen LogP contribution in [0.5, 0.6) is 5.75 Å². The van der Waals surface area contributed by atoms with E-state index in [0.717, 1.165) is 65.2 Å². The highest BCUT2D eigenvalue weighted by atomic mass is 16.5. The number of carbonyl (C=O) groups excluding carboxylic acids is 1. The van der Waals surface area contributed by atoms with Crippen LogP contribution < -0.4 is 4.74 Å². The number of piperidine rings is 1. The first-order chi connectivity index (χ1) is 15.7. The normalized spacial score (nSPS) is 17.1. The summed E-state index contributed by atoms with van der Waals surface area (Å²) < 4.78 is 17.8. The molecular weight excluding hydrogens is 404 g/mol. The molecule has 0 radical (unpaired) electrons. The number of amides is 1. The number of aryl methyl sites for hydroxylation is 2. The molecule has 0 saturated carbocycles. The molecule has 4 aromatic rings. The summed E-state index contributed by atoms with van der Waals surface area (Å²) >= 11 is 0. The third kappa shape index (κ3) is 3.53. The Morgan fingerprint density at radius 3 is 2.75 bits per heavy atom. The molecule has 0 spiro atoms. The molecule has 2 aromatic carbocycles. The molecule has 0 atom stereocenters. The van der Waals surface area contributed by atoms with Crippen molar-refractivity contribution in [3.05, 3.63) is 59.7 Å². The summed E-state index contributed by atoms with van der Waals surface area (Å²) in [5.74, 6) is 2.89. The highest BCUT2D eigenvalue weighted by Crippen LogP contribution is 2.34. The Labute approximate surface area is 186 Å². The van der Waals surface area contributed by atoms with Crippen LogP contribution in [0.3, 0.4) is 0 Å². The van der Waals surface area contributed by atoms with Crippen LogP contribution in [0.4, 0.5) is 0 Å². The number of hydrogen-bond acceptors (Lipinski definition) is 5. The maximum atomic E-state index is 12.7. The molecule has 6 nitrogen and oxygen atoms in total. The van der Waals surface area contributed by atoms with Crippen molar-refractivity contribution >= 4 is 28.0 Å². The average Bonchev–Trinajstić information content (AvgIpc) is 3.44. The van der Waals surface area contributed by atoms with Crippen LogP contribution in [0, 0.1) is 0 Å². The SMILES string of the molecule is O=C(COc1ccc2oc3c(c2c1)CCCC3)N1CCC(c2nc3ccccc3o2)CC1. The number of aromatic nitrogens is 1. The van der Waals surface area contributed by atoms with Gasteiger partial charge in [-0.25, -0.2) is 4.98 Å². The number of furan rings is 1. The monoisotopic (exact) mass is 430 g/mol. The largest absolute Gasteiger partial charge is 0.484 e. The topological polar surface area (TPSA) is 68.7 Å². The van der Waals surface area contributed by atoms with Crippen molar-refractivity contribution in [1.82, 2.24) is 9.88 Å². The van der Waals surface area contributed by atoms with Crippen molar-refractivity contribution in [3.8, 4) is 5.75 Å². The molecule has 1 saturated heterocycles. The zero-order valence-corrected chi connectivity index (χ0v) is 18.0.